The van der Waals surface area contributed by atoms with Crippen LogP contribution in [0.4, 0.5) is 20.3 Å². The molecule has 0 aliphatic carbocycles. The molecule has 2 atom stereocenters. The van der Waals surface area contributed by atoms with Crippen molar-refractivity contribution in [3.8, 4) is 17.1 Å². The van der Waals surface area contributed by atoms with Crippen molar-refractivity contribution in [1.29, 1.82) is 5.41 Å². The van der Waals surface area contributed by atoms with Crippen LogP contribution in [-0.2, 0) is 16.1 Å². The third-order valence-corrected chi connectivity index (χ3v) is 5.44. The highest BCUT2D eigenvalue weighted by Gasteiger charge is 2.40. The Morgan fingerprint density at radius 1 is 1.40 bits per heavy atom. The second kappa shape index (κ2) is 7.47. The minimum atomic E-state index is -2.67. The van der Waals surface area contributed by atoms with Crippen LogP contribution in [0.5, 0.6) is 5.75 Å². The van der Waals surface area contributed by atoms with Crippen molar-refractivity contribution < 1.29 is 23.0 Å². The number of benzene rings is 1. The van der Waals surface area contributed by atoms with Crippen LogP contribution in [0.15, 0.2) is 24.4 Å². The molecule has 1 amide bonds. The summed E-state index contributed by atoms with van der Waals surface area (Å²) in [6.07, 6.45) is -1.04. The number of nitrogens with two attached hydrogens (primary N) is 1. The summed E-state index contributed by atoms with van der Waals surface area (Å²) < 4.78 is 39.4. The van der Waals surface area contributed by atoms with Gasteiger partial charge < -0.3 is 24.7 Å². The third kappa shape index (κ3) is 3.29. The highest BCUT2D eigenvalue weighted by molar-refractivity contribution is 5.91. The van der Waals surface area contributed by atoms with Gasteiger partial charge in [-0.25, -0.2) is 13.8 Å². The summed E-state index contributed by atoms with van der Waals surface area (Å²) >= 11 is 0. The fraction of sp³-hybridized carbons (Fsp3) is 0.421. The molecule has 1 aromatic heterocycles. The largest absolute Gasteiger partial charge is 0.491 e. The predicted molar refractivity (Wildman–Crippen MR) is 106 cm³/mol. The Morgan fingerprint density at radius 3 is 2.87 bits per heavy atom. The van der Waals surface area contributed by atoms with Gasteiger partial charge in [-0.2, -0.15) is 0 Å². The molecule has 4 rings (SSSR count). The number of carbonyl (C=O) groups excluding carboxylic acids is 1. The maximum Gasteiger partial charge on any atom is 0.290 e. The van der Waals surface area contributed by atoms with Crippen LogP contribution in [0.3, 0.4) is 0 Å². The number of imidazole rings is 1. The number of primary amides is 1. The molecule has 3 N–H and O–H groups in total. The lowest BCUT2D eigenvalue weighted by atomic mass is 10.1. The number of nitrogens with one attached hydrogen (secondary N) is 1. The molecule has 160 valence electrons. The number of amides is 1. The molecule has 9 nitrogen and oxygen atoms in total. The summed E-state index contributed by atoms with van der Waals surface area (Å²) in [6.45, 7) is 2.26. The Labute approximate surface area is 171 Å². The average molecular weight is 420 g/mol. The Hall–Kier alpha value is -3.37. The molecule has 2 aromatic rings. The Kier molecular flexibility index (Phi) is 4.96. The Bertz CT molecular complexity index is 995. The number of alkyl halides is 2. The molecule has 0 radical (unpaired) electrons. The lowest BCUT2D eigenvalue weighted by Gasteiger charge is -2.25. The van der Waals surface area contributed by atoms with Gasteiger partial charge in [0.05, 0.1) is 12.1 Å². The van der Waals surface area contributed by atoms with Crippen molar-refractivity contribution in [2.75, 3.05) is 30.1 Å². The fourth-order valence-corrected chi connectivity index (χ4v) is 3.52. The second-order valence-corrected chi connectivity index (χ2v) is 7.22. The van der Waals surface area contributed by atoms with Gasteiger partial charge in [0.2, 0.25) is 5.91 Å². The van der Waals surface area contributed by atoms with Gasteiger partial charge in [-0.15, -0.1) is 0 Å². The Balaban J connectivity index is 1.71. The van der Waals surface area contributed by atoms with Crippen LogP contribution in [-0.4, -0.2) is 60.3 Å². The van der Waals surface area contributed by atoms with Crippen LogP contribution in [0.2, 0.25) is 0 Å². The number of rotatable bonds is 5. The highest BCUT2D eigenvalue weighted by atomic mass is 19.3. The molecule has 30 heavy (non-hydrogen) atoms. The molecule has 11 heteroatoms. The highest BCUT2D eigenvalue weighted by Crippen LogP contribution is 2.37. The molecule has 0 bridgehead atoms. The lowest BCUT2D eigenvalue weighted by molar-refractivity contribution is -0.118. The molecular formula is C19H22F2N6O3. The molecule has 2 aliphatic rings. The molecule has 2 aliphatic heterocycles. The van der Waals surface area contributed by atoms with Gasteiger partial charge in [0.15, 0.2) is 5.82 Å². The maximum atomic E-state index is 13.4. The van der Waals surface area contributed by atoms with Gasteiger partial charge in [0.1, 0.15) is 36.9 Å². The molecular weight excluding hydrogens is 398 g/mol. The lowest BCUT2D eigenvalue weighted by Crippen LogP contribution is -2.40. The van der Waals surface area contributed by atoms with Gasteiger partial charge in [0.25, 0.3) is 12.4 Å². The zero-order chi connectivity index (χ0) is 21.6. The van der Waals surface area contributed by atoms with E-state index in [2.05, 4.69) is 4.98 Å². The first kappa shape index (κ1) is 19.9. The minimum absolute atomic E-state index is 0.231. The number of amidine groups is 1. The maximum absolute atomic E-state index is 13.4. The number of hydrogen-bond acceptors (Lipinski definition) is 6. The van der Waals surface area contributed by atoms with Crippen molar-refractivity contribution in [2.45, 2.75) is 32.0 Å². The van der Waals surface area contributed by atoms with E-state index in [9.17, 15) is 13.6 Å². The second-order valence-electron chi connectivity index (χ2n) is 7.22. The number of likely N-dealkylation sites (N-methyl/N-ethyl adjacent to an activating group) is 1. The van der Waals surface area contributed by atoms with Crippen molar-refractivity contribution >= 4 is 23.4 Å². The quantitative estimate of drug-likeness (QED) is 0.761. The van der Waals surface area contributed by atoms with E-state index in [1.54, 1.807) is 37.2 Å². The molecule has 1 aromatic carbocycles. The number of hydrogen-bond donors (Lipinski definition) is 2. The van der Waals surface area contributed by atoms with Crippen molar-refractivity contribution in [1.82, 2.24) is 9.55 Å². The topological polar surface area (TPSA) is 110 Å². The van der Waals surface area contributed by atoms with E-state index in [4.69, 9.17) is 20.6 Å². The smallest absolute Gasteiger partial charge is 0.290 e. The van der Waals surface area contributed by atoms with E-state index < -0.39 is 24.4 Å². The number of ether oxygens (including phenoxy) is 2. The molecule has 3 heterocycles. The van der Waals surface area contributed by atoms with E-state index in [1.165, 1.54) is 0 Å². The number of aromatic nitrogens is 2. The summed E-state index contributed by atoms with van der Waals surface area (Å²) in [7, 11) is 1.76. The number of halogens is 2. The van der Waals surface area contributed by atoms with E-state index >= 15 is 0 Å². The SMILES string of the molecule is C[C@H](C(N)=O)N(C)c1ccc2c(c1)OCCn1cc(N3C(=N)OC[C@H]3C(F)F)nc1-2. The Morgan fingerprint density at radius 2 is 2.17 bits per heavy atom. The third-order valence-electron chi connectivity index (χ3n) is 5.44. The predicted octanol–water partition coefficient (Wildman–Crippen LogP) is 1.66. The summed E-state index contributed by atoms with van der Waals surface area (Å²) in [5, 5.41) is 7.87. The van der Waals surface area contributed by atoms with Gasteiger partial charge >= 0.3 is 0 Å². The van der Waals surface area contributed by atoms with E-state index in [0.29, 0.717) is 30.3 Å². The average Bonchev–Trinajstić information content (AvgIpc) is 3.25. The van der Waals surface area contributed by atoms with Crippen LogP contribution in [0.1, 0.15) is 6.92 Å². The summed E-state index contributed by atoms with van der Waals surface area (Å²) in [6, 6.07) is 3.31. The summed E-state index contributed by atoms with van der Waals surface area (Å²) in [5.74, 6) is 0.888. The fourth-order valence-electron chi connectivity index (χ4n) is 3.52. The first-order valence-electron chi connectivity index (χ1n) is 9.43. The zero-order valence-corrected chi connectivity index (χ0v) is 16.5. The van der Waals surface area contributed by atoms with Crippen LogP contribution in [0, 0.1) is 5.41 Å². The number of carbonyl (C=O) groups is 1. The minimum Gasteiger partial charge on any atom is -0.491 e. The van der Waals surface area contributed by atoms with E-state index in [1.807, 2.05) is 10.6 Å². The number of anilines is 2. The summed E-state index contributed by atoms with van der Waals surface area (Å²) in [4.78, 5) is 18.9. The molecule has 0 unspecified atom stereocenters. The normalized spacial score (nSPS) is 18.9. The first-order chi connectivity index (χ1) is 14.3. The van der Waals surface area contributed by atoms with Crippen molar-refractivity contribution in [3.63, 3.8) is 0 Å². The molecule has 1 saturated heterocycles. The van der Waals surface area contributed by atoms with Gasteiger partial charge in [-0.3, -0.25) is 15.1 Å². The standard InChI is InChI=1S/C19H22F2N6O3/c1-10(17(22)28)25(2)11-3-4-12-14(7-11)29-6-5-26-8-15(24-18(12)26)27-13(16(20)21)9-30-19(27)23/h3-4,7-8,10,13,16,23H,5-6,9H2,1-2H3,(H2,22,28)/t10-,13+/m1/s1. The van der Waals surface area contributed by atoms with Crippen LogP contribution < -0.4 is 20.3 Å². The van der Waals surface area contributed by atoms with Gasteiger partial charge in [0, 0.05) is 25.0 Å². The number of nitrogens with zero attached hydrogens (tertiary/aromatic N) is 4. The van der Waals surface area contributed by atoms with Crippen LogP contribution in [0.25, 0.3) is 11.4 Å². The van der Waals surface area contributed by atoms with Crippen molar-refractivity contribution in [2.24, 2.45) is 5.73 Å². The van der Waals surface area contributed by atoms with E-state index in [0.717, 1.165) is 10.6 Å². The zero-order valence-electron chi connectivity index (χ0n) is 16.5. The van der Waals surface area contributed by atoms with Gasteiger partial charge in [-0.05, 0) is 19.1 Å². The summed E-state index contributed by atoms with van der Waals surface area (Å²) in [5.41, 5.74) is 6.82. The van der Waals surface area contributed by atoms with Crippen LogP contribution >= 0.6 is 0 Å². The van der Waals surface area contributed by atoms with Gasteiger partial charge in [-0.1, -0.05) is 0 Å². The molecule has 0 spiro atoms. The number of fused-ring (bicyclic) bond motifs is 3. The van der Waals surface area contributed by atoms with E-state index in [-0.39, 0.29) is 18.4 Å². The van der Waals surface area contributed by atoms with Crippen molar-refractivity contribution in [3.05, 3.63) is 24.4 Å². The molecule has 0 saturated carbocycles. The monoisotopic (exact) mass is 420 g/mol. The molecule has 1 fully saturated rings. The first-order valence-corrected chi connectivity index (χ1v) is 9.43.